The molecule has 2 saturated heterocycles. The summed E-state index contributed by atoms with van der Waals surface area (Å²) in [6, 6.07) is 5.72. The van der Waals surface area contributed by atoms with Gasteiger partial charge in [-0.15, -0.1) is 0 Å². The minimum absolute atomic E-state index is 0.0600. The first-order chi connectivity index (χ1) is 14.0. The smallest absolute Gasteiger partial charge is 0.315 e. The fourth-order valence-electron chi connectivity index (χ4n) is 4.02. The molecule has 7 heteroatoms. The normalized spacial score (nSPS) is 20.9. The molecule has 1 atom stereocenters. The third-order valence-corrected chi connectivity index (χ3v) is 6.11. The molecule has 3 amide bonds. The Bertz CT molecular complexity index is 715. The van der Waals surface area contributed by atoms with Gasteiger partial charge in [0.2, 0.25) is 5.91 Å². The summed E-state index contributed by atoms with van der Waals surface area (Å²) < 4.78 is 0. The Morgan fingerprint density at radius 2 is 1.83 bits per heavy atom. The Morgan fingerprint density at radius 1 is 1.10 bits per heavy atom. The quantitative estimate of drug-likeness (QED) is 0.683. The minimum atomic E-state index is -0.180. The molecule has 2 aliphatic heterocycles. The van der Waals surface area contributed by atoms with E-state index in [2.05, 4.69) is 34.3 Å². The van der Waals surface area contributed by atoms with Crippen LogP contribution in [0.2, 0.25) is 0 Å². The summed E-state index contributed by atoms with van der Waals surface area (Å²) >= 11 is 0. The molecule has 2 heterocycles. The number of anilines is 1. The van der Waals surface area contributed by atoms with Crippen molar-refractivity contribution in [3.8, 4) is 0 Å². The average Bonchev–Trinajstić information content (AvgIpc) is 3.07. The number of hydrogen-bond acceptors (Lipinski definition) is 4. The lowest BCUT2D eigenvalue weighted by Crippen LogP contribution is -2.47. The van der Waals surface area contributed by atoms with Crippen molar-refractivity contribution < 1.29 is 9.59 Å². The van der Waals surface area contributed by atoms with Crippen LogP contribution in [0.3, 0.4) is 0 Å². The van der Waals surface area contributed by atoms with Crippen molar-refractivity contribution in [2.45, 2.75) is 39.7 Å². The molecule has 0 aliphatic carbocycles. The van der Waals surface area contributed by atoms with Crippen LogP contribution in [0.1, 0.15) is 30.9 Å². The first-order valence-electron chi connectivity index (χ1n) is 10.8. The SMILES string of the molecule is CCN1CCN(CCCNC(=O)N[C@@H]2CC(=O)N(c3ccc(C)c(C)c3)C2)CC1. The number of carbonyl (C=O) groups excluding carboxylic acids is 2. The van der Waals surface area contributed by atoms with Crippen LogP contribution >= 0.6 is 0 Å². The van der Waals surface area contributed by atoms with Gasteiger partial charge in [-0.3, -0.25) is 4.79 Å². The summed E-state index contributed by atoms with van der Waals surface area (Å²) in [4.78, 5) is 31.3. The Kier molecular flexibility index (Phi) is 7.50. The molecule has 0 unspecified atom stereocenters. The molecule has 0 aromatic heterocycles. The molecule has 0 saturated carbocycles. The summed E-state index contributed by atoms with van der Waals surface area (Å²) in [5.74, 6) is 0.0600. The number of carbonyl (C=O) groups is 2. The van der Waals surface area contributed by atoms with Gasteiger partial charge in [0.1, 0.15) is 0 Å². The zero-order valence-electron chi connectivity index (χ0n) is 18.0. The zero-order chi connectivity index (χ0) is 20.8. The van der Waals surface area contributed by atoms with Gasteiger partial charge in [-0.25, -0.2) is 4.79 Å². The molecule has 160 valence electrons. The molecule has 1 aromatic rings. The minimum Gasteiger partial charge on any atom is -0.338 e. The van der Waals surface area contributed by atoms with E-state index < -0.39 is 0 Å². The van der Waals surface area contributed by atoms with Gasteiger partial charge >= 0.3 is 6.03 Å². The van der Waals surface area contributed by atoms with Crippen LogP contribution in [0, 0.1) is 13.8 Å². The Balaban J connectivity index is 1.35. The fourth-order valence-corrected chi connectivity index (χ4v) is 4.02. The van der Waals surface area contributed by atoms with Crippen LogP contribution in [0.15, 0.2) is 18.2 Å². The maximum Gasteiger partial charge on any atom is 0.315 e. The summed E-state index contributed by atoms with van der Waals surface area (Å²) in [6.45, 7) is 14.1. The zero-order valence-corrected chi connectivity index (χ0v) is 18.0. The van der Waals surface area contributed by atoms with Crippen molar-refractivity contribution in [2.75, 3.05) is 57.3 Å². The number of aryl methyl sites for hydroxylation is 2. The maximum atomic E-state index is 12.4. The van der Waals surface area contributed by atoms with Crippen molar-refractivity contribution in [3.63, 3.8) is 0 Å². The van der Waals surface area contributed by atoms with Crippen LogP contribution < -0.4 is 15.5 Å². The molecule has 0 bridgehead atoms. The van der Waals surface area contributed by atoms with E-state index in [0.29, 0.717) is 19.5 Å². The Hall–Kier alpha value is -2.12. The summed E-state index contributed by atoms with van der Waals surface area (Å²) in [7, 11) is 0. The van der Waals surface area contributed by atoms with Gasteiger partial charge in [0, 0.05) is 51.4 Å². The monoisotopic (exact) mass is 401 g/mol. The van der Waals surface area contributed by atoms with Gasteiger partial charge in [-0.1, -0.05) is 13.0 Å². The largest absolute Gasteiger partial charge is 0.338 e. The van der Waals surface area contributed by atoms with E-state index in [-0.39, 0.29) is 18.0 Å². The molecule has 0 spiro atoms. The second-order valence-corrected chi connectivity index (χ2v) is 8.20. The number of piperazine rings is 1. The van der Waals surface area contributed by atoms with Gasteiger partial charge in [0.15, 0.2) is 0 Å². The summed E-state index contributed by atoms with van der Waals surface area (Å²) in [5, 5.41) is 5.89. The van der Waals surface area contributed by atoms with Crippen LogP contribution in [0.5, 0.6) is 0 Å². The highest BCUT2D eigenvalue weighted by atomic mass is 16.2. The lowest BCUT2D eigenvalue weighted by Gasteiger charge is -2.33. The predicted octanol–water partition coefficient (Wildman–Crippen LogP) is 1.74. The number of benzene rings is 1. The van der Waals surface area contributed by atoms with Crippen molar-refractivity contribution in [1.29, 1.82) is 0 Å². The second-order valence-electron chi connectivity index (χ2n) is 8.20. The van der Waals surface area contributed by atoms with Crippen LogP contribution in [-0.4, -0.2) is 80.1 Å². The van der Waals surface area contributed by atoms with E-state index in [1.807, 2.05) is 25.1 Å². The van der Waals surface area contributed by atoms with E-state index >= 15 is 0 Å². The second kappa shape index (κ2) is 10.1. The third-order valence-electron chi connectivity index (χ3n) is 6.11. The van der Waals surface area contributed by atoms with Gasteiger partial charge in [-0.2, -0.15) is 0 Å². The first-order valence-corrected chi connectivity index (χ1v) is 10.8. The van der Waals surface area contributed by atoms with Crippen molar-refractivity contribution in [3.05, 3.63) is 29.3 Å². The number of urea groups is 1. The highest BCUT2D eigenvalue weighted by Gasteiger charge is 2.31. The molecule has 2 fully saturated rings. The third kappa shape index (κ3) is 5.93. The predicted molar refractivity (Wildman–Crippen MR) is 116 cm³/mol. The number of nitrogens with one attached hydrogen (secondary N) is 2. The average molecular weight is 402 g/mol. The highest BCUT2D eigenvalue weighted by molar-refractivity contribution is 5.96. The van der Waals surface area contributed by atoms with Gasteiger partial charge in [0.25, 0.3) is 0 Å². The lowest BCUT2D eigenvalue weighted by molar-refractivity contribution is -0.117. The highest BCUT2D eigenvalue weighted by Crippen LogP contribution is 2.24. The molecular weight excluding hydrogens is 366 g/mol. The Labute approximate surface area is 174 Å². The molecule has 29 heavy (non-hydrogen) atoms. The fraction of sp³-hybridized carbons (Fsp3) is 0.636. The van der Waals surface area contributed by atoms with Crippen LogP contribution in [0.4, 0.5) is 10.5 Å². The molecular formula is C22H35N5O2. The number of amides is 3. The molecule has 7 nitrogen and oxygen atoms in total. The van der Waals surface area contributed by atoms with Gasteiger partial charge < -0.3 is 25.3 Å². The molecule has 2 aliphatic rings. The van der Waals surface area contributed by atoms with E-state index in [1.54, 1.807) is 4.90 Å². The van der Waals surface area contributed by atoms with Gasteiger partial charge in [-0.05, 0) is 56.6 Å². The number of nitrogens with zero attached hydrogens (tertiary/aromatic N) is 3. The van der Waals surface area contributed by atoms with Crippen molar-refractivity contribution in [2.24, 2.45) is 0 Å². The molecule has 2 N–H and O–H groups in total. The summed E-state index contributed by atoms with van der Waals surface area (Å²) in [5.41, 5.74) is 3.29. The number of likely N-dealkylation sites (N-methyl/N-ethyl adjacent to an activating group) is 1. The Morgan fingerprint density at radius 3 is 2.52 bits per heavy atom. The topological polar surface area (TPSA) is 67.9 Å². The van der Waals surface area contributed by atoms with Crippen LogP contribution in [-0.2, 0) is 4.79 Å². The lowest BCUT2D eigenvalue weighted by atomic mass is 10.1. The van der Waals surface area contributed by atoms with Crippen molar-refractivity contribution in [1.82, 2.24) is 20.4 Å². The molecule has 1 aromatic carbocycles. The van der Waals surface area contributed by atoms with Gasteiger partial charge in [0.05, 0.1) is 6.04 Å². The standard InChI is InChI=1S/C22H35N5O2/c1-4-25-10-12-26(13-11-25)9-5-8-23-22(29)24-19-15-21(28)27(16-19)20-7-6-17(2)18(3)14-20/h6-7,14,19H,4-5,8-13,15-16H2,1-3H3,(H2,23,24,29)/t19-/m1/s1. The summed E-state index contributed by atoms with van der Waals surface area (Å²) in [6.07, 6.45) is 1.29. The van der Waals surface area contributed by atoms with Crippen molar-refractivity contribution >= 4 is 17.6 Å². The van der Waals surface area contributed by atoms with E-state index in [4.69, 9.17) is 0 Å². The van der Waals surface area contributed by atoms with E-state index in [0.717, 1.165) is 51.4 Å². The van der Waals surface area contributed by atoms with E-state index in [1.165, 1.54) is 11.1 Å². The first kappa shape index (κ1) is 21.6. The maximum absolute atomic E-state index is 12.4. The van der Waals surface area contributed by atoms with E-state index in [9.17, 15) is 9.59 Å². The van der Waals surface area contributed by atoms with Crippen LogP contribution in [0.25, 0.3) is 0 Å². The molecule has 0 radical (unpaired) electrons. The number of hydrogen-bond donors (Lipinski definition) is 2. The number of rotatable bonds is 7. The molecule has 3 rings (SSSR count).